The lowest BCUT2D eigenvalue weighted by atomic mass is 10.2. The van der Waals surface area contributed by atoms with Crippen molar-refractivity contribution in [3.63, 3.8) is 0 Å². The van der Waals surface area contributed by atoms with Crippen LogP contribution in [0.1, 0.15) is 11.1 Å². The van der Waals surface area contributed by atoms with Gasteiger partial charge in [0.2, 0.25) is 0 Å². The molecule has 0 heterocycles. The zero-order chi connectivity index (χ0) is 7.56. The molecular weight excluding hydrogens is 251 g/mol. The number of halogens is 1. The van der Waals surface area contributed by atoms with Crippen LogP contribution in [0.2, 0.25) is 0 Å². The summed E-state index contributed by atoms with van der Waals surface area (Å²) in [6.07, 6.45) is 0. The summed E-state index contributed by atoms with van der Waals surface area (Å²) in [5.74, 6) is 0. The maximum absolute atomic E-state index is 2.43. The van der Waals surface area contributed by atoms with Crippen molar-refractivity contribution in [3.05, 3.63) is 32.9 Å². The van der Waals surface area contributed by atoms with Crippen molar-refractivity contribution in [1.29, 1.82) is 0 Å². The van der Waals surface area contributed by atoms with Crippen LogP contribution in [-0.2, 0) is 6.04 Å². The third kappa shape index (κ3) is 1.60. The van der Waals surface area contributed by atoms with Crippen molar-refractivity contribution >= 4 is 32.8 Å². The van der Waals surface area contributed by atoms with Crippen LogP contribution in [0.25, 0.3) is 0 Å². The van der Waals surface area contributed by atoms with Crippen molar-refractivity contribution in [2.45, 2.75) is 13.0 Å². The van der Waals surface area contributed by atoms with E-state index in [9.17, 15) is 0 Å². The minimum atomic E-state index is 1.27. The van der Waals surface area contributed by atoms with Crippen molar-refractivity contribution in [2.75, 3.05) is 0 Å². The van der Waals surface area contributed by atoms with Crippen LogP contribution in [0.4, 0.5) is 0 Å². The van der Waals surface area contributed by atoms with E-state index in [0.29, 0.717) is 0 Å². The smallest absolute Gasteiger partial charge is 0.0188 e. The molecule has 0 N–H and O–H groups in total. The van der Waals surface area contributed by atoms with Crippen LogP contribution in [0.5, 0.6) is 0 Å². The van der Waals surface area contributed by atoms with E-state index in [0.717, 1.165) is 0 Å². The van der Waals surface area contributed by atoms with Crippen molar-refractivity contribution in [3.8, 4) is 0 Å². The van der Waals surface area contributed by atoms with Gasteiger partial charge in [-0.3, -0.25) is 0 Å². The van der Waals surface area contributed by atoms with Gasteiger partial charge in [-0.15, -0.1) is 0 Å². The van der Waals surface area contributed by atoms with Crippen LogP contribution in [0.15, 0.2) is 18.2 Å². The van der Waals surface area contributed by atoms with Gasteiger partial charge in [0, 0.05) is 13.8 Å². The van der Waals surface area contributed by atoms with Gasteiger partial charge in [-0.2, -0.15) is 0 Å². The molecule has 0 radical (unpaired) electrons. The molecule has 0 saturated carbocycles. The molecule has 1 rings (SSSR count). The van der Waals surface area contributed by atoms with E-state index < -0.39 is 0 Å². The maximum Gasteiger partial charge on any atom is 0.0188 e. The highest BCUT2D eigenvalue weighted by Crippen LogP contribution is 2.15. The van der Waals surface area contributed by atoms with Crippen LogP contribution in [0, 0.1) is 10.5 Å². The van der Waals surface area contributed by atoms with Gasteiger partial charge in [-0.1, -0.05) is 18.2 Å². The molecule has 0 spiro atoms. The summed E-state index contributed by atoms with van der Waals surface area (Å²) in [5, 5.41) is 0. The van der Waals surface area contributed by atoms with Gasteiger partial charge in [0.1, 0.15) is 0 Å². The quantitative estimate of drug-likeness (QED) is 0.531. The molecule has 0 fully saturated rings. The zero-order valence-corrected chi connectivity index (χ0v) is 10.5. The van der Waals surface area contributed by atoms with Gasteiger partial charge in [-0.25, -0.2) is 0 Å². The summed E-state index contributed by atoms with van der Waals surface area (Å²) >= 11 is 2.43. The summed E-state index contributed by atoms with van der Waals surface area (Å²) in [5.41, 5.74) is 2.93. The molecule has 54 valence electrons. The topological polar surface area (TPSA) is 0 Å². The highest BCUT2D eigenvalue weighted by atomic mass is 127. The lowest BCUT2D eigenvalue weighted by Gasteiger charge is -2.02. The van der Waals surface area contributed by atoms with E-state index in [4.69, 9.17) is 0 Å². The Hall–Kier alpha value is 0.167. The van der Waals surface area contributed by atoms with Crippen LogP contribution in [-0.4, -0.2) is 10.2 Å². The molecule has 0 aliphatic carbocycles. The molecule has 0 aliphatic rings. The third-order valence-corrected chi connectivity index (χ3v) is 3.96. The Morgan fingerprint density at radius 2 is 2.20 bits per heavy atom. The summed E-state index contributed by atoms with van der Waals surface area (Å²) in [6, 6.07) is 7.81. The fourth-order valence-corrected chi connectivity index (χ4v) is 3.03. The van der Waals surface area contributed by atoms with Crippen molar-refractivity contribution in [1.82, 2.24) is 0 Å². The van der Waals surface area contributed by atoms with Gasteiger partial charge in [0.25, 0.3) is 0 Å². The first-order chi connectivity index (χ1) is 4.75. The Balaban J connectivity index is 3.14. The molecule has 0 atom stereocenters. The van der Waals surface area contributed by atoms with Crippen LogP contribution < -0.4 is 0 Å². The largest absolute Gasteiger partial charge is 0.0617 e. The van der Waals surface area contributed by atoms with E-state index in [2.05, 4.69) is 47.7 Å². The van der Waals surface area contributed by atoms with E-state index in [-0.39, 0.29) is 0 Å². The minimum absolute atomic E-state index is 1.27. The predicted molar refractivity (Wildman–Crippen MR) is 57.5 cm³/mol. The SMILES string of the molecule is Cc1cccc(C[SiH3])c1I. The number of hydrogen-bond acceptors (Lipinski definition) is 0. The lowest BCUT2D eigenvalue weighted by molar-refractivity contribution is 1.30. The van der Waals surface area contributed by atoms with E-state index in [1.54, 1.807) is 0 Å². The van der Waals surface area contributed by atoms with Crippen molar-refractivity contribution in [2.24, 2.45) is 0 Å². The van der Waals surface area contributed by atoms with E-state index in [1.807, 2.05) is 0 Å². The fourth-order valence-electron chi connectivity index (χ4n) is 0.981. The summed E-state index contributed by atoms with van der Waals surface area (Å²) < 4.78 is 1.45. The molecule has 10 heavy (non-hydrogen) atoms. The monoisotopic (exact) mass is 262 g/mol. The zero-order valence-electron chi connectivity index (χ0n) is 6.32. The molecule has 2 heteroatoms. The number of rotatable bonds is 1. The standard InChI is InChI=1S/C8H11ISi/c1-6-3-2-4-7(5-10)8(6)9/h2-4H,5H2,1,10H3. The van der Waals surface area contributed by atoms with E-state index >= 15 is 0 Å². The second-order valence-electron chi connectivity index (χ2n) is 2.40. The predicted octanol–water partition coefficient (Wildman–Crippen LogP) is 1.47. The Kier molecular flexibility index (Phi) is 2.91. The number of hydrogen-bond donors (Lipinski definition) is 0. The Morgan fingerprint density at radius 3 is 2.70 bits per heavy atom. The molecule has 0 unspecified atom stereocenters. The molecule has 0 saturated heterocycles. The number of aryl methyl sites for hydroxylation is 1. The molecular formula is C8H11ISi. The molecule has 0 aliphatic heterocycles. The number of benzene rings is 1. The average molecular weight is 262 g/mol. The van der Waals surface area contributed by atoms with Crippen LogP contribution in [0.3, 0.4) is 0 Å². The fraction of sp³-hybridized carbons (Fsp3) is 0.250. The second-order valence-corrected chi connectivity index (χ2v) is 4.19. The normalized spacial score (nSPS) is 10.2. The molecule has 1 aromatic carbocycles. The van der Waals surface area contributed by atoms with Gasteiger partial charge in [-0.05, 0) is 46.7 Å². The first-order valence-electron chi connectivity index (χ1n) is 3.49. The maximum atomic E-state index is 2.43. The minimum Gasteiger partial charge on any atom is -0.0617 e. The van der Waals surface area contributed by atoms with E-state index in [1.165, 1.54) is 31.0 Å². The molecule has 0 amide bonds. The second kappa shape index (κ2) is 3.53. The highest BCUT2D eigenvalue weighted by Gasteiger charge is 1.97. The Labute approximate surface area is 78.6 Å². The first kappa shape index (κ1) is 8.27. The molecule has 1 aromatic rings. The van der Waals surface area contributed by atoms with Gasteiger partial charge >= 0.3 is 0 Å². The first-order valence-corrected chi connectivity index (χ1v) is 5.99. The lowest BCUT2D eigenvalue weighted by Crippen LogP contribution is -1.90. The molecule has 0 bridgehead atoms. The summed E-state index contributed by atoms with van der Waals surface area (Å²) in [4.78, 5) is 0. The van der Waals surface area contributed by atoms with Gasteiger partial charge in [0.15, 0.2) is 0 Å². The summed E-state index contributed by atoms with van der Waals surface area (Å²) in [6.45, 7) is 2.17. The Bertz CT molecular complexity index is 233. The molecule has 0 nitrogen and oxygen atoms in total. The highest BCUT2D eigenvalue weighted by molar-refractivity contribution is 14.1. The Morgan fingerprint density at radius 1 is 1.50 bits per heavy atom. The van der Waals surface area contributed by atoms with Gasteiger partial charge < -0.3 is 0 Å². The van der Waals surface area contributed by atoms with Crippen LogP contribution >= 0.6 is 22.6 Å². The van der Waals surface area contributed by atoms with Gasteiger partial charge in [0.05, 0.1) is 0 Å². The summed E-state index contributed by atoms with van der Waals surface area (Å²) in [7, 11) is 1.27. The van der Waals surface area contributed by atoms with Crippen molar-refractivity contribution < 1.29 is 0 Å². The third-order valence-electron chi connectivity index (χ3n) is 1.65. The molecule has 0 aromatic heterocycles. The average Bonchev–Trinajstić information content (AvgIpc) is 1.95.